The number of ketones is 1. The highest BCUT2D eigenvalue weighted by molar-refractivity contribution is 5.84. The first kappa shape index (κ1) is 23.5. The molecule has 188 valence electrons. The summed E-state index contributed by atoms with van der Waals surface area (Å²) >= 11 is 0. The zero-order chi connectivity index (χ0) is 26.1. The maximum absolute atomic E-state index is 12.6. The number of aryl methyl sites for hydroxylation is 1. The summed E-state index contributed by atoms with van der Waals surface area (Å²) in [4.78, 5) is 24.8. The SMILES string of the molecule is Cc1c(-c2ccccc2)noc1-c1nc(-c2ccc(C(O)C(=O)CCc3nc4ccccc4[nH]3)cc2)no1. The number of hydrogen-bond acceptors (Lipinski definition) is 8. The minimum absolute atomic E-state index is 0.165. The number of imidazole rings is 1. The lowest BCUT2D eigenvalue weighted by atomic mass is 10.0. The second-order valence-corrected chi connectivity index (χ2v) is 8.97. The van der Waals surface area contributed by atoms with Crippen molar-refractivity contribution in [1.29, 1.82) is 0 Å². The standard InChI is InChI=1S/C29H23N5O4/c1-17-25(18-7-3-2-4-8-18)33-37-27(17)29-32-28(34-38-29)20-13-11-19(12-14-20)26(36)23(35)15-16-24-30-21-9-5-6-10-22(21)31-24/h2-14,26,36H,15-16H2,1H3,(H,30,31). The Kier molecular flexibility index (Phi) is 6.11. The number of nitrogens with one attached hydrogen (secondary N) is 1. The van der Waals surface area contributed by atoms with E-state index in [4.69, 9.17) is 9.05 Å². The summed E-state index contributed by atoms with van der Waals surface area (Å²) < 4.78 is 11.0. The first-order chi connectivity index (χ1) is 18.6. The van der Waals surface area contributed by atoms with Crippen LogP contribution in [0.25, 0.3) is 45.3 Å². The number of hydrogen-bond donors (Lipinski definition) is 2. The predicted molar refractivity (Wildman–Crippen MR) is 140 cm³/mol. The van der Waals surface area contributed by atoms with Crippen molar-refractivity contribution >= 4 is 16.8 Å². The molecule has 0 aliphatic heterocycles. The van der Waals surface area contributed by atoms with Gasteiger partial charge in [-0.2, -0.15) is 4.98 Å². The van der Waals surface area contributed by atoms with Crippen LogP contribution in [0.3, 0.4) is 0 Å². The molecule has 1 unspecified atom stereocenters. The number of fused-ring (bicyclic) bond motifs is 1. The van der Waals surface area contributed by atoms with Crippen LogP contribution in [0.2, 0.25) is 0 Å². The van der Waals surface area contributed by atoms with E-state index in [1.165, 1.54) is 0 Å². The molecule has 3 heterocycles. The van der Waals surface area contributed by atoms with E-state index in [1.807, 2.05) is 61.5 Å². The average molecular weight is 506 g/mol. The van der Waals surface area contributed by atoms with Crippen LogP contribution in [-0.4, -0.2) is 36.2 Å². The highest BCUT2D eigenvalue weighted by atomic mass is 16.5. The van der Waals surface area contributed by atoms with Crippen molar-refractivity contribution in [1.82, 2.24) is 25.3 Å². The Labute approximate surface area is 217 Å². The van der Waals surface area contributed by atoms with Crippen molar-refractivity contribution in [2.45, 2.75) is 25.9 Å². The quantitative estimate of drug-likeness (QED) is 0.278. The van der Waals surface area contributed by atoms with Gasteiger partial charge in [-0.3, -0.25) is 4.79 Å². The maximum atomic E-state index is 12.6. The first-order valence-corrected chi connectivity index (χ1v) is 12.2. The number of nitrogens with zero attached hydrogens (tertiary/aromatic N) is 4. The fourth-order valence-electron chi connectivity index (χ4n) is 4.34. The Hall–Kier alpha value is -4.89. The molecule has 9 nitrogen and oxygen atoms in total. The minimum atomic E-state index is -1.23. The second-order valence-electron chi connectivity index (χ2n) is 8.97. The Morgan fingerprint density at radius 2 is 1.66 bits per heavy atom. The maximum Gasteiger partial charge on any atom is 0.297 e. The summed E-state index contributed by atoms with van der Waals surface area (Å²) in [7, 11) is 0. The molecular weight excluding hydrogens is 482 g/mol. The van der Waals surface area contributed by atoms with Crippen molar-refractivity contribution in [2.24, 2.45) is 0 Å². The number of benzene rings is 3. The van der Waals surface area contributed by atoms with E-state index in [0.717, 1.165) is 22.2 Å². The molecule has 0 aliphatic carbocycles. The number of para-hydroxylation sites is 2. The topological polar surface area (TPSA) is 131 Å². The van der Waals surface area contributed by atoms with Crippen LogP contribution in [0.15, 0.2) is 87.9 Å². The van der Waals surface area contributed by atoms with Gasteiger partial charge in [0.1, 0.15) is 17.6 Å². The highest BCUT2D eigenvalue weighted by Crippen LogP contribution is 2.32. The van der Waals surface area contributed by atoms with Crippen LogP contribution < -0.4 is 0 Å². The van der Waals surface area contributed by atoms with Crippen molar-refractivity contribution in [3.8, 4) is 34.3 Å². The molecule has 6 aromatic rings. The average Bonchev–Trinajstić information content (AvgIpc) is 3.70. The molecule has 38 heavy (non-hydrogen) atoms. The number of aliphatic hydroxyl groups is 1. The molecule has 0 amide bonds. The number of aromatic nitrogens is 5. The predicted octanol–water partition coefficient (Wildman–Crippen LogP) is 5.48. The minimum Gasteiger partial charge on any atom is -0.381 e. The van der Waals surface area contributed by atoms with Crippen LogP contribution in [0.5, 0.6) is 0 Å². The summed E-state index contributed by atoms with van der Waals surface area (Å²) in [6.45, 7) is 1.89. The molecule has 3 aromatic carbocycles. The van der Waals surface area contributed by atoms with E-state index < -0.39 is 6.10 Å². The molecule has 2 N–H and O–H groups in total. The molecular formula is C29H23N5O4. The monoisotopic (exact) mass is 505 g/mol. The number of H-pyrrole nitrogens is 1. The van der Waals surface area contributed by atoms with Gasteiger partial charge >= 0.3 is 0 Å². The molecule has 0 fully saturated rings. The fraction of sp³-hybridized carbons (Fsp3) is 0.138. The Morgan fingerprint density at radius 1 is 0.895 bits per heavy atom. The summed E-state index contributed by atoms with van der Waals surface area (Å²) in [5.41, 5.74) is 5.38. The van der Waals surface area contributed by atoms with Crippen LogP contribution in [-0.2, 0) is 11.2 Å². The van der Waals surface area contributed by atoms with E-state index in [1.54, 1.807) is 24.3 Å². The van der Waals surface area contributed by atoms with Gasteiger partial charge in [-0.05, 0) is 24.6 Å². The van der Waals surface area contributed by atoms with Gasteiger partial charge in [0.25, 0.3) is 5.89 Å². The largest absolute Gasteiger partial charge is 0.381 e. The van der Waals surface area contributed by atoms with Crippen LogP contribution in [0.1, 0.15) is 29.5 Å². The molecule has 3 aromatic heterocycles. The smallest absolute Gasteiger partial charge is 0.297 e. The first-order valence-electron chi connectivity index (χ1n) is 12.2. The molecule has 0 saturated heterocycles. The van der Waals surface area contributed by atoms with E-state index >= 15 is 0 Å². The summed E-state index contributed by atoms with van der Waals surface area (Å²) in [6, 6.07) is 24.2. The molecule has 9 heteroatoms. The van der Waals surface area contributed by atoms with Crippen molar-refractivity contribution in [3.63, 3.8) is 0 Å². The van der Waals surface area contributed by atoms with E-state index in [2.05, 4.69) is 25.3 Å². The fourth-order valence-corrected chi connectivity index (χ4v) is 4.34. The molecule has 1 atom stereocenters. The third-order valence-corrected chi connectivity index (χ3v) is 6.43. The Morgan fingerprint density at radius 3 is 2.45 bits per heavy atom. The highest BCUT2D eigenvalue weighted by Gasteiger charge is 2.22. The van der Waals surface area contributed by atoms with Crippen LogP contribution >= 0.6 is 0 Å². The lowest BCUT2D eigenvalue weighted by Crippen LogP contribution is -2.13. The molecule has 0 aliphatic rings. The van der Waals surface area contributed by atoms with E-state index in [-0.39, 0.29) is 18.1 Å². The van der Waals surface area contributed by atoms with Gasteiger partial charge in [-0.1, -0.05) is 77.0 Å². The van der Waals surface area contributed by atoms with E-state index in [9.17, 15) is 9.90 Å². The summed E-state index contributed by atoms with van der Waals surface area (Å²) in [5, 5.41) is 18.8. The lowest BCUT2D eigenvalue weighted by molar-refractivity contribution is -0.127. The Balaban J connectivity index is 1.13. The summed E-state index contributed by atoms with van der Waals surface area (Å²) in [6.07, 6.45) is -0.651. The van der Waals surface area contributed by atoms with Crippen LogP contribution in [0.4, 0.5) is 0 Å². The molecule has 0 radical (unpaired) electrons. The van der Waals surface area contributed by atoms with Gasteiger partial charge in [0.15, 0.2) is 5.78 Å². The van der Waals surface area contributed by atoms with Crippen LogP contribution in [0, 0.1) is 6.92 Å². The Bertz CT molecular complexity index is 1680. The normalized spacial score (nSPS) is 12.2. The number of aromatic amines is 1. The number of carbonyl (C=O) groups excluding carboxylic acids is 1. The number of rotatable bonds is 8. The van der Waals surface area contributed by atoms with Crippen molar-refractivity contribution in [3.05, 3.63) is 95.8 Å². The third-order valence-electron chi connectivity index (χ3n) is 6.43. The van der Waals surface area contributed by atoms with E-state index in [0.29, 0.717) is 40.7 Å². The lowest BCUT2D eigenvalue weighted by Gasteiger charge is -2.10. The third kappa shape index (κ3) is 4.51. The van der Waals surface area contributed by atoms with Crippen molar-refractivity contribution in [2.75, 3.05) is 0 Å². The molecule has 0 spiro atoms. The molecule has 0 saturated carbocycles. The zero-order valence-corrected chi connectivity index (χ0v) is 20.5. The van der Waals surface area contributed by atoms with Gasteiger partial charge in [-0.25, -0.2) is 4.98 Å². The number of Topliss-reactive ketones (excluding diaryl/α,β-unsaturated/α-hetero) is 1. The van der Waals surface area contributed by atoms with Gasteiger partial charge in [0.2, 0.25) is 11.6 Å². The van der Waals surface area contributed by atoms with Gasteiger partial charge in [-0.15, -0.1) is 0 Å². The van der Waals surface area contributed by atoms with Gasteiger partial charge in [0, 0.05) is 29.5 Å². The molecule has 0 bridgehead atoms. The van der Waals surface area contributed by atoms with Gasteiger partial charge < -0.3 is 19.1 Å². The zero-order valence-electron chi connectivity index (χ0n) is 20.5. The summed E-state index contributed by atoms with van der Waals surface area (Å²) in [5.74, 6) is 1.42. The number of carbonyl (C=O) groups is 1. The van der Waals surface area contributed by atoms with Gasteiger partial charge in [0.05, 0.1) is 11.0 Å². The second kappa shape index (κ2) is 9.87. The molecule has 6 rings (SSSR count). The number of aliphatic hydroxyl groups excluding tert-OH is 1. The van der Waals surface area contributed by atoms with Crippen molar-refractivity contribution < 1.29 is 18.9 Å².